The Morgan fingerprint density at radius 2 is 2.00 bits per heavy atom. The van der Waals surface area contributed by atoms with Crippen LogP contribution in [0.4, 0.5) is 0 Å². The van der Waals surface area contributed by atoms with Crippen molar-refractivity contribution < 1.29 is 4.79 Å². The topological polar surface area (TPSA) is 20.3 Å². The molecule has 76 valence electrons. The molecule has 1 aliphatic heterocycles. The van der Waals surface area contributed by atoms with Crippen LogP contribution in [0.25, 0.3) is 0 Å². The minimum absolute atomic E-state index is 0.294. The Kier molecular flexibility index (Phi) is 3.48. The molecule has 0 unspecified atom stereocenters. The van der Waals surface area contributed by atoms with Crippen molar-refractivity contribution in [2.75, 3.05) is 19.6 Å². The standard InChI is InChI=1S/C11H21NO/c1-4-11(5-2)6-7-12(9-11)8-10(3)13/h4-9H2,1-3H3. The zero-order valence-corrected chi connectivity index (χ0v) is 9.10. The van der Waals surface area contributed by atoms with Crippen molar-refractivity contribution >= 4 is 5.78 Å². The maximum Gasteiger partial charge on any atom is 0.143 e. The molecule has 0 bridgehead atoms. The summed E-state index contributed by atoms with van der Waals surface area (Å²) >= 11 is 0. The predicted octanol–water partition coefficient (Wildman–Crippen LogP) is 2.09. The van der Waals surface area contributed by atoms with E-state index >= 15 is 0 Å². The smallest absolute Gasteiger partial charge is 0.143 e. The Balaban J connectivity index is 2.47. The normalized spacial score (nSPS) is 22.1. The Labute approximate surface area is 81.3 Å². The molecule has 13 heavy (non-hydrogen) atoms. The Morgan fingerprint density at radius 1 is 1.38 bits per heavy atom. The first-order chi connectivity index (χ1) is 6.12. The fourth-order valence-electron chi connectivity index (χ4n) is 2.30. The molecule has 1 saturated heterocycles. The Bertz CT molecular complexity index is 185. The van der Waals surface area contributed by atoms with Crippen LogP contribution in [0.2, 0.25) is 0 Å². The summed E-state index contributed by atoms with van der Waals surface area (Å²) in [5, 5.41) is 0. The molecule has 0 aromatic rings. The van der Waals surface area contributed by atoms with Crippen LogP contribution in [0.5, 0.6) is 0 Å². The van der Waals surface area contributed by atoms with Crippen molar-refractivity contribution in [1.29, 1.82) is 0 Å². The molecule has 0 aliphatic carbocycles. The van der Waals surface area contributed by atoms with E-state index in [9.17, 15) is 4.79 Å². The lowest BCUT2D eigenvalue weighted by Crippen LogP contribution is -2.29. The molecule has 0 radical (unpaired) electrons. The molecule has 0 N–H and O–H groups in total. The first-order valence-electron chi connectivity index (χ1n) is 5.33. The first-order valence-corrected chi connectivity index (χ1v) is 5.33. The van der Waals surface area contributed by atoms with E-state index in [0.29, 0.717) is 17.7 Å². The van der Waals surface area contributed by atoms with Crippen molar-refractivity contribution in [3.63, 3.8) is 0 Å². The van der Waals surface area contributed by atoms with Crippen LogP contribution in [-0.4, -0.2) is 30.3 Å². The molecular weight excluding hydrogens is 162 g/mol. The molecular formula is C11H21NO. The third-order valence-electron chi connectivity index (χ3n) is 3.46. The SMILES string of the molecule is CCC1(CC)CCN(CC(C)=O)C1. The molecule has 0 spiro atoms. The Morgan fingerprint density at radius 3 is 2.38 bits per heavy atom. The summed E-state index contributed by atoms with van der Waals surface area (Å²) in [5.41, 5.74) is 0.509. The van der Waals surface area contributed by atoms with Crippen LogP contribution in [0.1, 0.15) is 40.0 Å². The molecule has 2 nitrogen and oxygen atoms in total. The second-order valence-corrected chi connectivity index (χ2v) is 4.37. The van der Waals surface area contributed by atoms with Crippen LogP contribution in [-0.2, 0) is 4.79 Å². The maximum absolute atomic E-state index is 10.9. The number of hydrogen-bond acceptors (Lipinski definition) is 2. The van der Waals surface area contributed by atoms with Gasteiger partial charge in [0.2, 0.25) is 0 Å². The summed E-state index contributed by atoms with van der Waals surface area (Å²) < 4.78 is 0. The highest BCUT2D eigenvalue weighted by Crippen LogP contribution is 2.36. The molecule has 0 amide bonds. The van der Waals surface area contributed by atoms with Gasteiger partial charge in [-0.3, -0.25) is 9.69 Å². The molecule has 1 aliphatic rings. The van der Waals surface area contributed by atoms with E-state index in [4.69, 9.17) is 0 Å². The van der Waals surface area contributed by atoms with Crippen LogP contribution in [0.3, 0.4) is 0 Å². The second-order valence-electron chi connectivity index (χ2n) is 4.37. The van der Waals surface area contributed by atoms with Gasteiger partial charge in [0, 0.05) is 6.54 Å². The summed E-state index contributed by atoms with van der Waals surface area (Å²) in [5.74, 6) is 0.294. The lowest BCUT2D eigenvalue weighted by Gasteiger charge is -2.26. The maximum atomic E-state index is 10.9. The van der Waals surface area contributed by atoms with Crippen molar-refractivity contribution in [3.05, 3.63) is 0 Å². The van der Waals surface area contributed by atoms with Crippen molar-refractivity contribution in [3.8, 4) is 0 Å². The van der Waals surface area contributed by atoms with Gasteiger partial charge in [0.25, 0.3) is 0 Å². The highest BCUT2D eigenvalue weighted by molar-refractivity contribution is 5.77. The quantitative estimate of drug-likeness (QED) is 0.665. The van der Waals surface area contributed by atoms with Gasteiger partial charge < -0.3 is 0 Å². The summed E-state index contributed by atoms with van der Waals surface area (Å²) in [7, 11) is 0. The average Bonchev–Trinajstić information content (AvgIpc) is 2.48. The number of ketones is 1. The lowest BCUT2D eigenvalue weighted by atomic mass is 9.82. The highest BCUT2D eigenvalue weighted by atomic mass is 16.1. The van der Waals surface area contributed by atoms with Gasteiger partial charge in [0.1, 0.15) is 5.78 Å². The highest BCUT2D eigenvalue weighted by Gasteiger charge is 2.34. The van der Waals surface area contributed by atoms with Gasteiger partial charge in [-0.15, -0.1) is 0 Å². The van der Waals surface area contributed by atoms with E-state index in [2.05, 4.69) is 18.7 Å². The van der Waals surface area contributed by atoms with Crippen molar-refractivity contribution in [2.45, 2.75) is 40.0 Å². The second kappa shape index (κ2) is 4.23. The molecule has 1 rings (SSSR count). The number of rotatable bonds is 4. The summed E-state index contributed by atoms with van der Waals surface area (Å²) in [4.78, 5) is 13.2. The minimum atomic E-state index is 0.294. The van der Waals surface area contributed by atoms with Gasteiger partial charge in [-0.2, -0.15) is 0 Å². The third-order valence-corrected chi connectivity index (χ3v) is 3.46. The fraction of sp³-hybridized carbons (Fsp3) is 0.909. The summed E-state index contributed by atoms with van der Waals surface area (Å²) in [6, 6.07) is 0. The molecule has 0 atom stereocenters. The number of carbonyl (C=O) groups excluding carboxylic acids is 1. The van der Waals surface area contributed by atoms with E-state index in [1.54, 1.807) is 6.92 Å². The molecule has 2 heteroatoms. The number of hydrogen-bond donors (Lipinski definition) is 0. The lowest BCUT2D eigenvalue weighted by molar-refractivity contribution is -0.118. The molecule has 0 aromatic carbocycles. The fourth-order valence-corrected chi connectivity index (χ4v) is 2.30. The first kappa shape index (κ1) is 10.7. The summed E-state index contributed by atoms with van der Waals surface area (Å²) in [6.45, 7) is 9.10. The van der Waals surface area contributed by atoms with Gasteiger partial charge in [-0.1, -0.05) is 13.8 Å². The van der Waals surface area contributed by atoms with E-state index in [1.807, 2.05) is 0 Å². The molecule has 1 fully saturated rings. The summed E-state index contributed by atoms with van der Waals surface area (Å²) in [6.07, 6.45) is 3.77. The van der Waals surface area contributed by atoms with E-state index in [1.165, 1.54) is 19.3 Å². The van der Waals surface area contributed by atoms with Crippen molar-refractivity contribution in [2.24, 2.45) is 5.41 Å². The molecule has 0 aromatic heterocycles. The van der Waals surface area contributed by atoms with Gasteiger partial charge in [0.05, 0.1) is 6.54 Å². The van der Waals surface area contributed by atoms with E-state index < -0.39 is 0 Å². The third kappa shape index (κ3) is 2.53. The predicted molar refractivity (Wildman–Crippen MR) is 54.8 cm³/mol. The van der Waals surface area contributed by atoms with Gasteiger partial charge in [0.15, 0.2) is 0 Å². The van der Waals surface area contributed by atoms with E-state index in [0.717, 1.165) is 13.1 Å². The Hall–Kier alpha value is -0.370. The number of Topliss-reactive ketones (excluding diaryl/α,β-unsaturated/α-hetero) is 1. The average molecular weight is 183 g/mol. The molecule has 1 heterocycles. The number of nitrogens with zero attached hydrogens (tertiary/aromatic N) is 1. The minimum Gasteiger partial charge on any atom is -0.299 e. The van der Waals surface area contributed by atoms with Crippen LogP contribution in [0, 0.1) is 5.41 Å². The van der Waals surface area contributed by atoms with Gasteiger partial charge in [-0.05, 0) is 38.1 Å². The van der Waals surface area contributed by atoms with Crippen LogP contribution >= 0.6 is 0 Å². The van der Waals surface area contributed by atoms with E-state index in [-0.39, 0.29) is 0 Å². The zero-order chi connectivity index (χ0) is 9.90. The van der Waals surface area contributed by atoms with Gasteiger partial charge >= 0.3 is 0 Å². The van der Waals surface area contributed by atoms with Gasteiger partial charge in [-0.25, -0.2) is 0 Å². The van der Waals surface area contributed by atoms with Crippen LogP contribution in [0.15, 0.2) is 0 Å². The zero-order valence-electron chi connectivity index (χ0n) is 9.10. The monoisotopic (exact) mass is 183 g/mol. The number of carbonyl (C=O) groups is 1. The number of likely N-dealkylation sites (tertiary alicyclic amines) is 1. The van der Waals surface area contributed by atoms with Crippen molar-refractivity contribution in [1.82, 2.24) is 4.90 Å². The van der Waals surface area contributed by atoms with Crippen LogP contribution < -0.4 is 0 Å². The molecule has 0 saturated carbocycles. The largest absolute Gasteiger partial charge is 0.299 e.